The van der Waals surface area contributed by atoms with E-state index in [2.05, 4.69) is 5.10 Å². The standard InChI is InChI=1S/C12H11FN2O3S/c1-15-6-8(5-14-15)7-19(18)11-4-9(12(16)17)2-3-10(11)13/h2-6H,7H2,1H3,(H,16,17). The van der Waals surface area contributed by atoms with Gasteiger partial charge in [-0.25, -0.2) is 9.18 Å². The Hall–Kier alpha value is -2.02. The highest BCUT2D eigenvalue weighted by Crippen LogP contribution is 2.18. The van der Waals surface area contributed by atoms with Crippen LogP contribution in [0.4, 0.5) is 4.39 Å². The van der Waals surface area contributed by atoms with Crippen molar-refractivity contribution in [3.8, 4) is 0 Å². The van der Waals surface area contributed by atoms with Gasteiger partial charge in [-0.3, -0.25) is 8.89 Å². The lowest BCUT2D eigenvalue weighted by atomic mass is 10.2. The first-order valence-electron chi connectivity index (χ1n) is 5.36. The summed E-state index contributed by atoms with van der Waals surface area (Å²) in [5.74, 6) is -1.76. The molecule has 1 unspecified atom stereocenters. The first kappa shape index (κ1) is 13.4. The fraction of sp³-hybridized carbons (Fsp3) is 0.167. The molecule has 19 heavy (non-hydrogen) atoms. The lowest BCUT2D eigenvalue weighted by Crippen LogP contribution is -2.03. The summed E-state index contributed by atoms with van der Waals surface area (Å²) >= 11 is 0. The average molecular weight is 282 g/mol. The minimum absolute atomic E-state index is 0.0871. The highest BCUT2D eigenvalue weighted by atomic mass is 32.2. The molecule has 0 amide bonds. The quantitative estimate of drug-likeness (QED) is 0.923. The second kappa shape index (κ2) is 5.31. The van der Waals surface area contributed by atoms with E-state index in [4.69, 9.17) is 5.11 Å². The molecular weight excluding hydrogens is 271 g/mol. The Bertz CT molecular complexity index is 654. The second-order valence-corrected chi connectivity index (χ2v) is 5.38. The lowest BCUT2D eigenvalue weighted by molar-refractivity contribution is 0.0696. The van der Waals surface area contributed by atoms with Gasteiger partial charge in [0.05, 0.1) is 33.2 Å². The number of aromatic nitrogens is 2. The number of carboxylic acids is 1. The molecule has 2 aromatic rings. The van der Waals surface area contributed by atoms with Gasteiger partial charge in [0, 0.05) is 18.8 Å². The van der Waals surface area contributed by atoms with Gasteiger partial charge < -0.3 is 5.11 Å². The summed E-state index contributed by atoms with van der Waals surface area (Å²) in [6, 6.07) is 3.26. The Morgan fingerprint density at radius 1 is 1.53 bits per heavy atom. The molecule has 0 spiro atoms. The van der Waals surface area contributed by atoms with Gasteiger partial charge in [-0.1, -0.05) is 0 Å². The van der Waals surface area contributed by atoms with Gasteiger partial charge >= 0.3 is 5.97 Å². The molecule has 0 bridgehead atoms. The summed E-state index contributed by atoms with van der Waals surface area (Å²) in [7, 11) is 0.0692. The summed E-state index contributed by atoms with van der Waals surface area (Å²) in [4.78, 5) is 10.7. The molecule has 0 saturated heterocycles. The third kappa shape index (κ3) is 3.05. The van der Waals surface area contributed by atoms with Crippen molar-refractivity contribution in [2.24, 2.45) is 7.05 Å². The first-order valence-corrected chi connectivity index (χ1v) is 6.68. The molecule has 0 radical (unpaired) electrons. The first-order chi connectivity index (χ1) is 8.97. The molecule has 2 rings (SSSR count). The zero-order valence-electron chi connectivity index (χ0n) is 10.0. The predicted molar refractivity (Wildman–Crippen MR) is 66.7 cm³/mol. The van der Waals surface area contributed by atoms with E-state index < -0.39 is 22.6 Å². The lowest BCUT2D eigenvalue weighted by Gasteiger charge is -2.04. The Labute approximate surface area is 111 Å². The molecule has 7 heteroatoms. The Balaban J connectivity index is 2.27. The number of carbonyl (C=O) groups is 1. The van der Waals surface area contributed by atoms with E-state index in [0.29, 0.717) is 5.56 Å². The fourth-order valence-electron chi connectivity index (χ4n) is 1.59. The number of carboxylic acid groups (broad SMARTS) is 1. The molecule has 100 valence electrons. The minimum atomic E-state index is -1.65. The van der Waals surface area contributed by atoms with Gasteiger partial charge in [0.2, 0.25) is 0 Å². The van der Waals surface area contributed by atoms with Crippen molar-refractivity contribution < 1.29 is 18.5 Å². The summed E-state index contributed by atoms with van der Waals surface area (Å²) in [6.45, 7) is 0. The van der Waals surface area contributed by atoms with Crippen LogP contribution in [0.1, 0.15) is 15.9 Å². The van der Waals surface area contributed by atoms with Crippen LogP contribution in [-0.4, -0.2) is 25.1 Å². The third-order valence-corrected chi connectivity index (χ3v) is 3.88. The number of nitrogens with zero attached hydrogens (tertiary/aromatic N) is 2. The molecule has 0 aliphatic rings. The van der Waals surface area contributed by atoms with Gasteiger partial charge in [0.25, 0.3) is 0 Å². The highest BCUT2D eigenvalue weighted by Gasteiger charge is 2.14. The zero-order chi connectivity index (χ0) is 14.0. The van der Waals surface area contributed by atoms with Crippen molar-refractivity contribution in [3.63, 3.8) is 0 Å². The van der Waals surface area contributed by atoms with Crippen LogP contribution < -0.4 is 0 Å². The number of aryl methyl sites for hydroxylation is 1. The summed E-state index contributed by atoms with van der Waals surface area (Å²) < 4.78 is 27.2. The SMILES string of the molecule is Cn1cc(CS(=O)c2cc(C(=O)O)ccc2F)cn1. The predicted octanol–water partition coefficient (Wildman–Crippen LogP) is 1.57. The number of halogens is 1. The number of hydrogen-bond donors (Lipinski definition) is 1. The normalized spacial score (nSPS) is 12.3. The van der Waals surface area contributed by atoms with Crippen molar-refractivity contribution in [1.29, 1.82) is 0 Å². The van der Waals surface area contributed by atoms with E-state index in [1.807, 2.05) is 0 Å². The molecule has 0 aliphatic carbocycles. The molecule has 0 saturated carbocycles. The fourth-order valence-corrected chi connectivity index (χ4v) is 2.74. The smallest absolute Gasteiger partial charge is 0.335 e. The number of rotatable bonds is 4. The molecule has 1 heterocycles. The molecular formula is C12H11FN2O3S. The number of benzene rings is 1. The topological polar surface area (TPSA) is 72.2 Å². The monoisotopic (exact) mass is 282 g/mol. The maximum absolute atomic E-state index is 13.6. The Morgan fingerprint density at radius 2 is 2.26 bits per heavy atom. The number of aromatic carboxylic acids is 1. The van der Waals surface area contributed by atoms with E-state index in [9.17, 15) is 13.4 Å². The summed E-state index contributed by atoms with van der Waals surface area (Å²) in [6.07, 6.45) is 3.22. The van der Waals surface area contributed by atoms with Crippen LogP contribution in [0.5, 0.6) is 0 Å². The van der Waals surface area contributed by atoms with Gasteiger partial charge in [0.15, 0.2) is 0 Å². The molecule has 0 aliphatic heterocycles. The van der Waals surface area contributed by atoms with Gasteiger partial charge in [-0.2, -0.15) is 5.10 Å². The van der Waals surface area contributed by atoms with Crippen molar-refractivity contribution in [2.75, 3.05) is 0 Å². The van der Waals surface area contributed by atoms with Crippen LogP contribution in [0.25, 0.3) is 0 Å². The Kier molecular flexibility index (Phi) is 3.75. The van der Waals surface area contributed by atoms with E-state index in [1.165, 1.54) is 6.20 Å². The largest absolute Gasteiger partial charge is 0.478 e. The summed E-state index contributed by atoms with van der Waals surface area (Å²) in [5.41, 5.74) is 0.608. The average Bonchev–Trinajstić information content (AvgIpc) is 2.74. The maximum atomic E-state index is 13.6. The van der Waals surface area contributed by atoms with Gasteiger partial charge in [0.1, 0.15) is 5.82 Å². The van der Waals surface area contributed by atoms with Gasteiger partial charge in [-0.15, -0.1) is 0 Å². The van der Waals surface area contributed by atoms with Crippen LogP contribution in [0.3, 0.4) is 0 Å². The van der Waals surface area contributed by atoms with Crippen molar-refractivity contribution in [1.82, 2.24) is 9.78 Å². The van der Waals surface area contributed by atoms with Crippen LogP contribution >= 0.6 is 0 Å². The number of hydrogen-bond acceptors (Lipinski definition) is 3. The Morgan fingerprint density at radius 3 is 2.84 bits per heavy atom. The van der Waals surface area contributed by atoms with Crippen LogP contribution in [0.15, 0.2) is 35.5 Å². The maximum Gasteiger partial charge on any atom is 0.335 e. The molecule has 1 N–H and O–H groups in total. The molecule has 5 nitrogen and oxygen atoms in total. The van der Waals surface area contributed by atoms with E-state index in [-0.39, 0.29) is 16.2 Å². The van der Waals surface area contributed by atoms with Crippen LogP contribution in [-0.2, 0) is 23.6 Å². The highest BCUT2D eigenvalue weighted by molar-refractivity contribution is 7.84. The molecule has 1 aromatic heterocycles. The van der Waals surface area contributed by atoms with E-state index >= 15 is 0 Å². The third-order valence-electron chi connectivity index (χ3n) is 2.48. The van der Waals surface area contributed by atoms with Crippen molar-refractivity contribution in [2.45, 2.75) is 10.6 Å². The van der Waals surface area contributed by atoms with E-state index in [0.717, 1.165) is 18.2 Å². The van der Waals surface area contributed by atoms with Crippen molar-refractivity contribution >= 4 is 16.8 Å². The van der Waals surface area contributed by atoms with Gasteiger partial charge in [-0.05, 0) is 18.2 Å². The minimum Gasteiger partial charge on any atom is -0.478 e. The van der Waals surface area contributed by atoms with Crippen molar-refractivity contribution in [3.05, 3.63) is 47.5 Å². The summed E-state index contributed by atoms with van der Waals surface area (Å²) in [5, 5.41) is 12.8. The van der Waals surface area contributed by atoms with Crippen LogP contribution in [0.2, 0.25) is 0 Å². The zero-order valence-corrected chi connectivity index (χ0v) is 10.9. The molecule has 1 atom stereocenters. The molecule has 1 aromatic carbocycles. The molecule has 0 fully saturated rings. The van der Waals surface area contributed by atoms with Crippen LogP contribution in [0, 0.1) is 5.82 Å². The second-order valence-electron chi connectivity index (χ2n) is 3.96. The van der Waals surface area contributed by atoms with E-state index in [1.54, 1.807) is 17.9 Å².